The summed E-state index contributed by atoms with van der Waals surface area (Å²) < 4.78 is 10.5. The van der Waals surface area contributed by atoms with Crippen molar-refractivity contribution in [3.05, 3.63) is 29.8 Å². The van der Waals surface area contributed by atoms with Crippen LogP contribution >= 0.6 is 0 Å². The molecule has 0 aliphatic carbocycles. The number of nitrogens with one attached hydrogen (secondary N) is 1. The molecule has 0 saturated heterocycles. The number of rotatable bonds is 7. The minimum absolute atomic E-state index is 0.105. The van der Waals surface area contributed by atoms with Gasteiger partial charge >= 0.3 is 0 Å². The Balaban J connectivity index is 2.33. The fraction of sp³-hybridized carbons (Fsp3) is 0.500. The topological polar surface area (TPSA) is 47.6 Å². The third-order valence-corrected chi connectivity index (χ3v) is 2.53. The normalized spacial score (nSPS) is 11.9. The highest BCUT2D eigenvalue weighted by molar-refractivity contribution is 5.80. The summed E-state index contributed by atoms with van der Waals surface area (Å²) in [5, 5.41) is 2.80. The summed E-state index contributed by atoms with van der Waals surface area (Å²) in [5.41, 5.74) is 1.17. The molecule has 4 heteroatoms. The van der Waals surface area contributed by atoms with Gasteiger partial charge in [0.25, 0.3) is 5.91 Å². The molecule has 0 heterocycles. The van der Waals surface area contributed by atoms with Gasteiger partial charge in [-0.15, -0.1) is 0 Å². The zero-order valence-electron chi connectivity index (χ0n) is 11.2. The second-order valence-corrected chi connectivity index (χ2v) is 4.21. The average molecular weight is 251 g/mol. The molecule has 1 amide bonds. The second-order valence-electron chi connectivity index (χ2n) is 4.21. The molecule has 0 spiro atoms. The van der Waals surface area contributed by atoms with E-state index < -0.39 is 6.10 Å². The van der Waals surface area contributed by atoms with Crippen LogP contribution in [-0.2, 0) is 9.53 Å². The molecule has 4 nitrogen and oxygen atoms in total. The summed E-state index contributed by atoms with van der Waals surface area (Å²) in [4.78, 5) is 11.7. The summed E-state index contributed by atoms with van der Waals surface area (Å²) in [6.45, 7) is 5.00. The van der Waals surface area contributed by atoms with Crippen LogP contribution in [-0.4, -0.2) is 32.3 Å². The van der Waals surface area contributed by atoms with Crippen LogP contribution in [0.25, 0.3) is 0 Å². The summed E-state index contributed by atoms with van der Waals surface area (Å²) >= 11 is 0. The van der Waals surface area contributed by atoms with Crippen LogP contribution in [0.2, 0.25) is 0 Å². The Labute approximate surface area is 108 Å². The van der Waals surface area contributed by atoms with Gasteiger partial charge in [0, 0.05) is 20.3 Å². The molecule has 0 aliphatic rings. The summed E-state index contributed by atoms with van der Waals surface area (Å²) in [7, 11) is 1.64. The van der Waals surface area contributed by atoms with E-state index in [9.17, 15) is 4.79 Å². The Kier molecular flexibility index (Phi) is 6.22. The first-order valence-corrected chi connectivity index (χ1v) is 6.13. The van der Waals surface area contributed by atoms with Crippen LogP contribution in [0, 0.1) is 6.92 Å². The van der Waals surface area contributed by atoms with E-state index in [0.717, 1.165) is 6.42 Å². The molecule has 1 atom stereocenters. The van der Waals surface area contributed by atoms with Crippen LogP contribution in [0.3, 0.4) is 0 Å². The van der Waals surface area contributed by atoms with Gasteiger partial charge in [0.05, 0.1) is 0 Å². The Bertz CT molecular complexity index is 362. The molecule has 0 aliphatic heterocycles. The number of ether oxygens (including phenoxy) is 2. The lowest BCUT2D eigenvalue weighted by molar-refractivity contribution is -0.127. The number of amides is 1. The van der Waals surface area contributed by atoms with E-state index in [2.05, 4.69) is 5.32 Å². The van der Waals surface area contributed by atoms with Gasteiger partial charge in [-0.25, -0.2) is 0 Å². The molecule has 0 radical (unpaired) electrons. The Morgan fingerprint density at radius 2 is 2.00 bits per heavy atom. The molecule has 1 aromatic carbocycles. The van der Waals surface area contributed by atoms with Gasteiger partial charge in [0.15, 0.2) is 6.10 Å². The van der Waals surface area contributed by atoms with E-state index in [1.165, 1.54) is 5.56 Å². The maximum atomic E-state index is 11.7. The molecule has 0 bridgehead atoms. The average Bonchev–Trinajstić information content (AvgIpc) is 2.37. The number of hydrogen-bond acceptors (Lipinski definition) is 3. The summed E-state index contributed by atoms with van der Waals surface area (Å²) in [6.07, 6.45) is 0.315. The molecular formula is C14H21NO3. The highest BCUT2D eigenvalue weighted by Gasteiger charge is 2.13. The zero-order valence-corrected chi connectivity index (χ0v) is 11.2. The molecule has 1 aromatic rings. The van der Waals surface area contributed by atoms with Crippen LogP contribution in [0.15, 0.2) is 24.3 Å². The van der Waals surface area contributed by atoms with Crippen molar-refractivity contribution < 1.29 is 14.3 Å². The number of carbonyl (C=O) groups is 1. The Morgan fingerprint density at radius 3 is 2.61 bits per heavy atom. The van der Waals surface area contributed by atoms with E-state index >= 15 is 0 Å². The van der Waals surface area contributed by atoms with Gasteiger partial charge in [-0.1, -0.05) is 17.7 Å². The summed E-state index contributed by atoms with van der Waals surface area (Å²) in [6, 6.07) is 7.64. The van der Waals surface area contributed by atoms with Gasteiger partial charge in [-0.2, -0.15) is 0 Å². The minimum Gasteiger partial charge on any atom is -0.481 e. The van der Waals surface area contributed by atoms with Gasteiger partial charge in [-0.3, -0.25) is 4.79 Å². The SMILES string of the molecule is COCCCNC(=O)[C@H](C)Oc1ccc(C)cc1. The third-order valence-electron chi connectivity index (χ3n) is 2.53. The van der Waals surface area contributed by atoms with E-state index in [-0.39, 0.29) is 5.91 Å². The molecule has 18 heavy (non-hydrogen) atoms. The number of aryl methyl sites for hydroxylation is 1. The van der Waals surface area contributed by atoms with Crippen LogP contribution in [0.5, 0.6) is 5.75 Å². The Morgan fingerprint density at radius 1 is 1.33 bits per heavy atom. The largest absolute Gasteiger partial charge is 0.481 e. The molecule has 0 saturated carbocycles. The first-order valence-electron chi connectivity index (χ1n) is 6.13. The molecular weight excluding hydrogens is 230 g/mol. The van der Waals surface area contributed by atoms with Crippen molar-refractivity contribution in [2.24, 2.45) is 0 Å². The van der Waals surface area contributed by atoms with Crippen molar-refractivity contribution in [1.82, 2.24) is 5.32 Å². The van der Waals surface area contributed by atoms with E-state index in [1.54, 1.807) is 14.0 Å². The second kappa shape index (κ2) is 7.71. The fourth-order valence-corrected chi connectivity index (χ4v) is 1.45. The van der Waals surface area contributed by atoms with E-state index in [0.29, 0.717) is 18.9 Å². The maximum Gasteiger partial charge on any atom is 0.260 e. The quantitative estimate of drug-likeness (QED) is 0.753. The molecule has 0 unspecified atom stereocenters. The van der Waals surface area contributed by atoms with Crippen molar-refractivity contribution >= 4 is 5.91 Å². The lowest BCUT2D eigenvalue weighted by Crippen LogP contribution is -2.37. The lowest BCUT2D eigenvalue weighted by Gasteiger charge is -2.14. The fourth-order valence-electron chi connectivity index (χ4n) is 1.45. The first-order chi connectivity index (χ1) is 8.63. The first kappa shape index (κ1) is 14.5. The Hall–Kier alpha value is -1.55. The van der Waals surface area contributed by atoms with Crippen LogP contribution in [0.1, 0.15) is 18.9 Å². The van der Waals surface area contributed by atoms with E-state index in [4.69, 9.17) is 9.47 Å². The standard InChI is InChI=1S/C14H21NO3/c1-11-5-7-13(8-6-11)18-12(2)14(16)15-9-4-10-17-3/h5-8,12H,4,9-10H2,1-3H3,(H,15,16)/t12-/m0/s1. The highest BCUT2D eigenvalue weighted by atomic mass is 16.5. The number of benzene rings is 1. The van der Waals surface area contributed by atoms with Crippen molar-refractivity contribution in [2.75, 3.05) is 20.3 Å². The van der Waals surface area contributed by atoms with Gasteiger partial charge in [0.1, 0.15) is 5.75 Å². The highest BCUT2D eigenvalue weighted by Crippen LogP contribution is 2.13. The maximum absolute atomic E-state index is 11.7. The molecule has 0 aromatic heterocycles. The van der Waals surface area contributed by atoms with Crippen molar-refractivity contribution in [3.8, 4) is 5.75 Å². The number of methoxy groups -OCH3 is 1. The number of carbonyl (C=O) groups excluding carboxylic acids is 1. The summed E-state index contributed by atoms with van der Waals surface area (Å²) in [5.74, 6) is 0.604. The molecule has 1 N–H and O–H groups in total. The zero-order chi connectivity index (χ0) is 13.4. The minimum atomic E-state index is -0.491. The molecule has 0 fully saturated rings. The van der Waals surface area contributed by atoms with Gasteiger partial charge in [0.2, 0.25) is 0 Å². The van der Waals surface area contributed by atoms with Crippen molar-refractivity contribution in [1.29, 1.82) is 0 Å². The molecule has 1 rings (SSSR count). The monoisotopic (exact) mass is 251 g/mol. The van der Waals surface area contributed by atoms with Crippen molar-refractivity contribution in [3.63, 3.8) is 0 Å². The smallest absolute Gasteiger partial charge is 0.260 e. The third kappa shape index (κ3) is 5.19. The predicted octanol–water partition coefficient (Wildman–Crippen LogP) is 1.92. The van der Waals surface area contributed by atoms with Gasteiger partial charge < -0.3 is 14.8 Å². The lowest BCUT2D eigenvalue weighted by atomic mass is 10.2. The van der Waals surface area contributed by atoms with Crippen LogP contribution < -0.4 is 10.1 Å². The van der Waals surface area contributed by atoms with Crippen LogP contribution in [0.4, 0.5) is 0 Å². The van der Waals surface area contributed by atoms with E-state index in [1.807, 2.05) is 31.2 Å². The molecule has 100 valence electrons. The number of hydrogen-bond donors (Lipinski definition) is 1. The predicted molar refractivity (Wildman–Crippen MR) is 70.8 cm³/mol. The van der Waals surface area contributed by atoms with Gasteiger partial charge in [-0.05, 0) is 32.4 Å². The van der Waals surface area contributed by atoms with Crippen molar-refractivity contribution in [2.45, 2.75) is 26.4 Å².